The van der Waals surface area contributed by atoms with E-state index in [0.29, 0.717) is 11.9 Å². The quantitative estimate of drug-likeness (QED) is 0.725. The molecule has 1 fully saturated rings. The normalized spacial score (nSPS) is 27.2. The maximum Gasteiger partial charge on any atom is 0.230 e. The highest BCUT2D eigenvalue weighted by atomic mass is 16.2. The Labute approximate surface area is 103 Å². The van der Waals surface area contributed by atoms with Gasteiger partial charge in [-0.1, -0.05) is 24.3 Å². The molecular formula is C15H19NO. The van der Waals surface area contributed by atoms with Crippen molar-refractivity contribution in [2.75, 3.05) is 6.54 Å². The molecule has 0 unspecified atom stereocenters. The van der Waals surface area contributed by atoms with Crippen LogP contribution in [0.15, 0.2) is 24.3 Å². The monoisotopic (exact) mass is 229 g/mol. The highest BCUT2D eigenvalue weighted by molar-refractivity contribution is 5.87. The van der Waals surface area contributed by atoms with E-state index >= 15 is 0 Å². The topological polar surface area (TPSA) is 20.3 Å². The van der Waals surface area contributed by atoms with E-state index in [1.165, 1.54) is 30.4 Å². The summed E-state index contributed by atoms with van der Waals surface area (Å²) in [6.45, 7) is 3.14. The number of nitrogens with zero attached hydrogens (tertiary/aromatic N) is 1. The van der Waals surface area contributed by atoms with E-state index in [9.17, 15) is 4.79 Å². The molecule has 0 spiro atoms. The van der Waals surface area contributed by atoms with Crippen LogP contribution in [0.25, 0.3) is 0 Å². The van der Waals surface area contributed by atoms with Crippen LogP contribution in [0.1, 0.15) is 43.2 Å². The van der Waals surface area contributed by atoms with Gasteiger partial charge in [0.2, 0.25) is 5.91 Å². The van der Waals surface area contributed by atoms with E-state index in [0.717, 1.165) is 13.0 Å². The smallest absolute Gasteiger partial charge is 0.230 e. The third-order valence-electron chi connectivity index (χ3n) is 4.24. The average Bonchev–Trinajstić information content (AvgIpc) is 2.31. The summed E-state index contributed by atoms with van der Waals surface area (Å²) in [5.41, 5.74) is 2.62. The molecule has 1 aliphatic carbocycles. The van der Waals surface area contributed by atoms with E-state index in [2.05, 4.69) is 30.0 Å². The van der Waals surface area contributed by atoms with Gasteiger partial charge in [-0.25, -0.2) is 0 Å². The molecule has 2 nitrogen and oxygen atoms in total. The summed E-state index contributed by atoms with van der Waals surface area (Å²) in [6, 6.07) is 8.78. The molecule has 2 atom stereocenters. The minimum Gasteiger partial charge on any atom is -0.339 e. The molecule has 3 rings (SSSR count). The van der Waals surface area contributed by atoms with Gasteiger partial charge in [-0.15, -0.1) is 0 Å². The number of piperidine rings is 1. The zero-order valence-electron chi connectivity index (χ0n) is 10.4. The lowest BCUT2D eigenvalue weighted by atomic mass is 9.76. The zero-order valence-corrected chi connectivity index (χ0v) is 10.4. The van der Waals surface area contributed by atoms with Crippen LogP contribution in [-0.2, 0) is 11.2 Å². The largest absolute Gasteiger partial charge is 0.339 e. The standard InChI is InChI=1S/C15H19NO/c1-11-6-4-5-9-16(11)15(17)14-10-12-7-2-3-8-13(12)14/h2-3,7-8,11,14H,4-6,9-10H2,1H3/t11-,14+/m1/s1. The van der Waals surface area contributed by atoms with Crippen molar-refractivity contribution in [2.24, 2.45) is 0 Å². The molecule has 0 aromatic heterocycles. The fourth-order valence-corrected chi connectivity index (χ4v) is 3.10. The number of carbonyl (C=O) groups is 1. The van der Waals surface area contributed by atoms with Crippen LogP contribution in [0.2, 0.25) is 0 Å². The molecular weight excluding hydrogens is 210 g/mol. The Balaban J connectivity index is 1.76. The van der Waals surface area contributed by atoms with Crippen molar-refractivity contribution >= 4 is 5.91 Å². The van der Waals surface area contributed by atoms with E-state index < -0.39 is 0 Å². The van der Waals surface area contributed by atoms with Crippen LogP contribution >= 0.6 is 0 Å². The molecule has 1 aromatic rings. The molecule has 0 bridgehead atoms. The van der Waals surface area contributed by atoms with Gasteiger partial charge in [-0.05, 0) is 43.7 Å². The predicted molar refractivity (Wildman–Crippen MR) is 67.9 cm³/mol. The van der Waals surface area contributed by atoms with Gasteiger partial charge >= 0.3 is 0 Å². The van der Waals surface area contributed by atoms with Crippen LogP contribution in [0.4, 0.5) is 0 Å². The van der Waals surface area contributed by atoms with Crippen molar-refractivity contribution < 1.29 is 4.79 Å². The second kappa shape index (κ2) is 4.17. The van der Waals surface area contributed by atoms with Crippen LogP contribution in [0.3, 0.4) is 0 Å². The van der Waals surface area contributed by atoms with Crippen molar-refractivity contribution in [2.45, 2.75) is 44.6 Å². The first kappa shape index (κ1) is 10.8. The predicted octanol–water partition coefficient (Wildman–Crippen LogP) is 2.73. The minimum atomic E-state index is 0.145. The number of fused-ring (bicyclic) bond motifs is 1. The van der Waals surface area contributed by atoms with E-state index in [-0.39, 0.29) is 5.92 Å². The molecule has 1 heterocycles. The fraction of sp³-hybridized carbons (Fsp3) is 0.533. The third kappa shape index (κ3) is 1.76. The number of hydrogen-bond acceptors (Lipinski definition) is 1. The first-order chi connectivity index (χ1) is 8.27. The van der Waals surface area contributed by atoms with Crippen LogP contribution in [0, 0.1) is 0 Å². The Bertz CT molecular complexity index is 440. The van der Waals surface area contributed by atoms with E-state index in [4.69, 9.17) is 0 Å². The van der Waals surface area contributed by atoms with Crippen molar-refractivity contribution in [3.05, 3.63) is 35.4 Å². The van der Waals surface area contributed by atoms with Gasteiger partial charge in [0, 0.05) is 12.6 Å². The number of benzene rings is 1. The molecule has 2 aliphatic rings. The summed E-state index contributed by atoms with van der Waals surface area (Å²) < 4.78 is 0. The number of amides is 1. The molecule has 1 amide bonds. The van der Waals surface area contributed by atoms with Crippen molar-refractivity contribution in [1.29, 1.82) is 0 Å². The zero-order chi connectivity index (χ0) is 11.8. The van der Waals surface area contributed by atoms with Crippen molar-refractivity contribution in [3.8, 4) is 0 Å². The Kier molecular flexibility index (Phi) is 2.65. The maximum atomic E-state index is 12.5. The van der Waals surface area contributed by atoms with Crippen molar-refractivity contribution in [3.63, 3.8) is 0 Å². The summed E-state index contributed by atoms with van der Waals surface area (Å²) >= 11 is 0. The molecule has 2 heteroatoms. The minimum absolute atomic E-state index is 0.145. The number of rotatable bonds is 1. The van der Waals surface area contributed by atoms with Gasteiger partial charge < -0.3 is 4.90 Å². The van der Waals surface area contributed by atoms with Gasteiger partial charge in [-0.3, -0.25) is 4.79 Å². The van der Waals surface area contributed by atoms with Gasteiger partial charge in [0.25, 0.3) is 0 Å². The Morgan fingerprint density at radius 3 is 2.88 bits per heavy atom. The van der Waals surface area contributed by atoms with E-state index in [1.807, 2.05) is 6.07 Å². The highest BCUT2D eigenvalue weighted by Crippen LogP contribution is 2.37. The second-order valence-corrected chi connectivity index (χ2v) is 5.33. The van der Waals surface area contributed by atoms with Crippen LogP contribution in [0.5, 0.6) is 0 Å². The van der Waals surface area contributed by atoms with Crippen molar-refractivity contribution in [1.82, 2.24) is 4.90 Å². The molecule has 0 saturated carbocycles. The second-order valence-electron chi connectivity index (χ2n) is 5.33. The number of hydrogen-bond donors (Lipinski definition) is 0. The third-order valence-corrected chi connectivity index (χ3v) is 4.24. The first-order valence-corrected chi connectivity index (χ1v) is 6.65. The summed E-state index contributed by atoms with van der Waals surface area (Å²) in [6.07, 6.45) is 4.55. The molecule has 1 aromatic carbocycles. The molecule has 90 valence electrons. The lowest BCUT2D eigenvalue weighted by molar-refractivity contribution is -0.136. The summed E-state index contributed by atoms with van der Waals surface area (Å²) in [5, 5.41) is 0. The first-order valence-electron chi connectivity index (χ1n) is 6.65. The van der Waals surface area contributed by atoms with Gasteiger partial charge in [-0.2, -0.15) is 0 Å². The summed E-state index contributed by atoms with van der Waals surface area (Å²) in [5.74, 6) is 0.502. The van der Waals surface area contributed by atoms with Gasteiger partial charge in [0.1, 0.15) is 0 Å². The molecule has 1 saturated heterocycles. The Hall–Kier alpha value is -1.31. The van der Waals surface area contributed by atoms with Gasteiger partial charge in [0.05, 0.1) is 5.92 Å². The average molecular weight is 229 g/mol. The Morgan fingerprint density at radius 1 is 1.29 bits per heavy atom. The SMILES string of the molecule is C[C@@H]1CCCCN1C(=O)[C@H]1Cc2ccccc21. The van der Waals surface area contributed by atoms with Gasteiger partial charge in [0.15, 0.2) is 0 Å². The lowest BCUT2D eigenvalue weighted by Crippen LogP contribution is -2.46. The molecule has 1 aliphatic heterocycles. The molecule has 0 N–H and O–H groups in total. The fourth-order valence-electron chi connectivity index (χ4n) is 3.10. The number of likely N-dealkylation sites (tertiary alicyclic amines) is 1. The van der Waals surface area contributed by atoms with Crippen LogP contribution < -0.4 is 0 Å². The lowest BCUT2D eigenvalue weighted by Gasteiger charge is -2.39. The summed E-state index contributed by atoms with van der Waals surface area (Å²) in [7, 11) is 0. The van der Waals surface area contributed by atoms with Crippen LogP contribution in [-0.4, -0.2) is 23.4 Å². The summed E-state index contributed by atoms with van der Waals surface area (Å²) in [4.78, 5) is 14.6. The maximum absolute atomic E-state index is 12.5. The Morgan fingerprint density at radius 2 is 2.12 bits per heavy atom. The highest BCUT2D eigenvalue weighted by Gasteiger charge is 2.36. The molecule has 17 heavy (non-hydrogen) atoms. The number of carbonyl (C=O) groups excluding carboxylic acids is 1. The van der Waals surface area contributed by atoms with E-state index in [1.54, 1.807) is 0 Å². The molecule has 0 radical (unpaired) electrons.